The van der Waals surface area contributed by atoms with Crippen molar-refractivity contribution in [2.24, 2.45) is 5.92 Å². The van der Waals surface area contributed by atoms with Gasteiger partial charge < -0.3 is 14.5 Å². The molecule has 3 rings (SSSR count). The van der Waals surface area contributed by atoms with Gasteiger partial charge in [-0.25, -0.2) is 13.2 Å². The molecule has 136 valence electrons. The van der Waals surface area contributed by atoms with E-state index in [0.717, 1.165) is 0 Å². The highest BCUT2D eigenvalue weighted by Crippen LogP contribution is 2.36. The van der Waals surface area contributed by atoms with E-state index in [-0.39, 0.29) is 30.2 Å². The predicted octanol–water partition coefficient (Wildman–Crippen LogP) is 0.272. The molecule has 0 aromatic heterocycles. The first kappa shape index (κ1) is 17.9. The van der Waals surface area contributed by atoms with Crippen LogP contribution in [0.15, 0.2) is 24.3 Å². The maximum Gasteiger partial charge on any atom is 0.337 e. The Morgan fingerprint density at radius 2 is 1.72 bits per heavy atom. The molecule has 3 atom stereocenters. The third-order valence-corrected chi connectivity index (χ3v) is 7.40. The monoisotopic (exact) mass is 366 g/mol. The predicted molar refractivity (Wildman–Crippen MR) is 92.2 cm³/mol. The summed E-state index contributed by atoms with van der Waals surface area (Å²) in [6.45, 7) is 0.666. The van der Waals surface area contributed by atoms with Crippen molar-refractivity contribution >= 4 is 21.7 Å². The summed E-state index contributed by atoms with van der Waals surface area (Å²) in [6.07, 6.45) is 0. The Balaban J connectivity index is 1.78. The van der Waals surface area contributed by atoms with Crippen LogP contribution in [0.2, 0.25) is 0 Å². The van der Waals surface area contributed by atoms with Crippen LogP contribution >= 0.6 is 0 Å². The number of nitrogens with zero attached hydrogens (tertiary/aromatic N) is 2. The standard InChI is InChI=1S/C17H22N2O5S/c1-18(2)14-10-25(22,23)15-9-19(8-13(14)15)16(20)11-4-6-12(7-5-11)17(21)24-3/h4-7,13-15H,8-10H2,1-3H3/t13-,14+,15-/m0/s1. The smallest absolute Gasteiger partial charge is 0.337 e. The summed E-state index contributed by atoms with van der Waals surface area (Å²) in [4.78, 5) is 27.7. The zero-order chi connectivity index (χ0) is 18.4. The average molecular weight is 366 g/mol. The molecule has 1 aromatic carbocycles. The van der Waals surface area contributed by atoms with Gasteiger partial charge in [-0.3, -0.25) is 4.79 Å². The summed E-state index contributed by atoms with van der Waals surface area (Å²) in [5, 5.41) is -0.488. The van der Waals surface area contributed by atoms with E-state index < -0.39 is 21.1 Å². The van der Waals surface area contributed by atoms with Crippen molar-refractivity contribution in [1.82, 2.24) is 9.80 Å². The van der Waals surface area contributed by atoms with Crippen LogP contribution in [0, 0.1) is 5.92 Å². The Morgan fingerprint density at radius 3 is 2.28 bits per heavy atom. The third kappa shape index (κ3) is 3.16. The van der Waals surface area contributed by atoms with Crippen LogP contribution in [0.3, 0.4) is 0 Å². The van der Waals surface area contributed by atoms with E-state index in [4.69, 9.17) is 0 Å². The average Bonchev–Trinajstić information content (AvgIpc) is 3.13. The summed E-state index contributed by atoms with van der Waals surface area (Å²) in [7, 11) is 1.86. The van der Waals surface area contributed by atoms with Gasteiger partial charge >= 0.3 is 5.97 Å². The second kappa shape index (κ2) is 6.42. The zero-order valence-corrected chi connectivity index (χ0v) is 15.3. The Kier molecular flexibility index (Phi) is 4.59. The minimum absolute atomic E-state index is 0.0571. The minimum Gasteiger partial charge on any atom is -0.465 e. The molecule has 2 saturated heterocycles. The van der Waals surface area contributed by atoms with Gasteiger partial charge in [0.15, 0.2) is 9.84 Å². The number of benzene rings is 1. The number of rotatable bonds is 3. The third-order valence-electron chi connectivity index (χ3n) is 5.17. The van der Waals surface area contributed by atoms with Crippen molar-refractivity contribution < 1.29 is 22.7 Å². The van der Waals surface area contributed by atoms with Gasteiger partial charge in [0.05, 0.1) is 23.7 Å². The van der Waals surface area contributed by atoms with Gasteiger partial charge in [0, 0.05) is 30.6 Å². The van der Waals surface area contributed by atoms with E-state index in [0.29, 0.717) is 17.7 Å². The molecule has 2 fully saturated rings. The molecule has 0 aliphatic carbocycles. The number of sulfone groups is 1. The molecule has 0 N–H and O–H groups in total. The van der Waals surface area contributed by atoms with E-state index >= 15 is 0 Å². The molecular weight excluding hydrogens is 344 g/mol. The summed E-state index contributed by atoms with van der Waals surface area (Å²) in [6, 6.07) is 6.15. The van der Waals surface area contributed by atoms with Crippen molar-refractivity contribution in [2.45, 2.75) is 11.3 Å². The van der Waals surface area contributed by atoms with Crippen LogP contribution in [0.25, 0.3) is 0 Å². The quantitative estimate of drug-likeness (QED) is 0.714. The molecule has 1 amide bonds. The van der Waals surface area contributed by atoms with Crippen molar-refractivity contribution in [1.29, 1.82) is 0 Å². The normalized spacial score (nSPS) is 27.4. The molecule has 0 bridgehead atoms. The highest BCUT2D eigenvalue weighted by molar-refractivity contribution is 7.92. The SMILES string of the molecule is COC(=O)c1ccc(C(=O)N2C[C@H]3[C@H](N(C)C)CS(=O)(=O)[C@H]3C2)cc1. The van der Waals surface area contributed by atoms with Crippen LogP contribution in [0.1, 0.15) is 20.7 Å². The summed E-state index contributed by atoms with van der Waals surface area (Å²) in [5.41, 5.74) is 0.805. The number of amides is 1. The molecule has 1 aromatic rings. The maximum absolute atomic E-state index is 12.7. The first-order valence-electron chi connectivity index (χ1n) is 8.10. The Hall–Kier alpha value is -1.93. The van der Waals surface area contributed by atoms with Crippen molar-refractivity contribution in [3.05, 3.63) is 35.4 Å². The number of esters is 1. The lowest BCUT2D eigenvalue weighted by molar-refractivity contribution is 0.0600. The first-order valence-corrected chi connectivity index (χ1v) is 9.82. The first-order chi connectivity index (χ1) is 11.7. The maximum atomic E-state index is 12.7. The number of hydrogen-bond donors (Lipinski definition) is 0. The van der Waals surface area contributed by atoms with Crippen LogP contribution in [-0.2, 0) is 14.6 Å². The molecule has 2 aliphatic rings. The topological polar surface area (TPSA) is 84.0 Å². The number of carbonyl (C=O) groups is 2. The summed E-state index contributed by atoms with van der Waals surface area (Å²) < 4.78 is 29.4. The summed E-state index contributed by atoms with van der Waals surface area (Å²) in [5.74, 6) is -0.572. The zero-order valence-electron chi connectivity index (χ0n) is 14.5. The van der Waals surface area contributed by atoms with Gasteiger partial charge in [-0.1, -0.05) is 0 Å². The van der Waals surface area contributed by atoms with E-state index in [1.54, 1.807) is 17.0 Å². The molecule has 2 heterocycles. The summed E-state index contributed by atoms with van der Waals surface area (Å²) >= 11 is 0. The van der Waals surface area contributed by atoms with E-state index in [2.05, 4.69) is 4.74 Å². The molecule has 0 saturated carbocycles. The van der Waals surface area contributed by atoms with Crippen molar-refractivity contribution in [2.75, 3.05) is 40.0 Å². The van der Waals surface area contributed by atoms with Crippen molar-refractivity contribution in [3.8, 4) is 0 Å². The highest BCUT2D eigenvalue weighted by atomic mass is 32.2. The molecule has 8 heteroatoms. The lowest BCUT2D eigenvalue weighted by Gasteiger charge is -2.25. The number of ether oxygens (including phenoxy) is 1. The number of fused-ring (bicyclic) bond motifs is 1. The molecule has 2 aliphatic heterocycles. The molecule has 0 spiro atoms. The fourth-order valence-electron chi connectivity index (χ4n) is 3.78. The largest absolute Gasteiger partial charge is 0.465 e. The second-order valence-electron chi connectivity index (χ2n) is 6.84. The van der Waals surface area contributed by atoms with Gasteiger partial charge in [-0.05, 0) is 38.4 Å². The van der Waals surface area contributed by atoms with Crippen LogP contribution in [0.4, 0.5) is 0 Å². The fraction of sp³-hybridized carbons (Fsp3) is 0.529. The lowest BCUT2D eigenvalue weighted by atomic mass is 10.00. The number of methoxy groups -OCH3 is 1. The van der Waals surface area contributed by atoms with Gasteiger partial charge in [0.1, 0.15) is 0 Å². The van der Waals surface area contributed by atoms with Gasteiger partial charge in [-0.2, -0.15) is 0 Å². The highest BCUT2D eigenvalue weighted by Gasteiger charge is 2.53. The number of carbonyl (C=O) groups excluding carboxylic acids is 2. The van der Waals surface area contributed by atoms with E-state index in [9.17, 15) is 18.0 Å². The minimum atomic E-state index is -3.18. The number of hydrogen-bond acceptors (Lipinski definition) is 6. The second-order valence-corrected chi connectivity index (χ2v) is 9.11. The Bertz CT molecular complexity index is 788. The fourth-order valence-corrected chi connectivity index (χ4v) is 6.26. The van der Waals surface area contributed by atoms with E-state index in [1.807, 2.05) is 19.0 Å². The van der Waals surface area contributed by atoms with E-state index in [1.165, 1.54) is 19.2 Å². The van der Waals surface area contributed by atoms with Gasteiger partial charge in [0.25, 0.3) is 5.91 Å². The molecule has 0 unspecified atom stereocenters. The Labute approximate surface area is 147 Å². The molecule has 0 radical (unpaired) electrons. The molecular formula is C17H22N2O5S. The van der Waals surface area contributed by atoms with Crippen LogP contribution in [-0.4, -0.2) is 81.4 Å². The van der Waals surface area contributed by atoms with Crippen LogP contribution in [0.5, 0.6) is 0 Å². The lowest BCUT2D eigenvalue weighted by Crippen LogP contribution is -2.38. The number of likely N-dealkylation sites (tertiary alicyclic amines) is 1. The van der Waals surface area contributed by atoms with Crippen LogP contribution < -0.4 is 0 Å². The molecule has 7 nitrogen and oxygen atoms in total. The van der Waals surface area contributed by atoms with Gasteiger partial charge in [0.2, 0.25) is 0 Å². The van der Waals surface area contributed by atoms with Gasteiger partial charge in [-0.15, -0.1) is 0 Å². The molecule has 25 heavy (non-hydrogen) atoms. The van der Waals surface area contributed by atoms with Crippen molar-refractivity contribution in [3.63, 3.8) is 0 Å². The Morgan fingerprint density at radius 1 is 1.12 bits per heavy atom.